The van der Waals surface area contributed by atoms with E-state index in [9.17, 15) is 4.79 Å². The molecule has 0 aliphatic rings. The Bertz CT molecular complexity index is 530. The average Bonchev–Trinajstić information content (AvgIpc) is 2.96. The number of nitrogens with zero attached hydrogens (tertiary/aromatic N) is 2. The van der Waals surface area contributed by atoms with E-state index < -0.39 is 0 Å². The fourth-order valence-electron chi connectivity index (χ4n) is 1.68. The van der Waals surface area contributed by atoms with Crippen LogP contribution < -0.4 is 5.32 Å². The van der Waals surface area contributed by atoms with E-state index in [1.54, 1.807) is 17.7 Å². The summed E-state index contributed by atoms with van der Waals surface area (Å²) >= 11 is 0. The average molecular weight is 248 g/mol. The lowest BCUT2D eigenvalue weighted by Gasteiger charge is -2.04. The van der Waals surface area contributed by atoms with E-state index in [-0.39, 0.29) is 5.91 Å². The van der Waals surface area contributed by atoms with E-state index >= 15 is 0 Å². The molecule has 0 saturated carbocycles. The van der Waals surface area contributed by atoms with Gasteiger partial charge in [-0.1, -0.05) is 0 Å². The molecule has 96 valence electrons. The number of nitrogens with one attached hydrogen (secondary N) is 2. The van der Waals surface area contributed by atoms with Gasteiger partial charge in [0, 0.05) is 20.4 Å². The summed E-state index contributed by atoms with van der Waals surface area (Å²) in [6.07, 6.45) is 1.84. The Labute approximate surface area is 105 Å². The topological polar surface area (TPSA) is 71.9 Å². The highest BCUT2D eigenvalue weighted by molar-refractivity contribution is 5.92. The first-order valence-electron chi connectivity index (χ1n) is 5.62. The van der Waals surface area contributed by atoms with Gasteiger partial charge in [0.25, 0.3) is 5.91 Å². The van der Waals surface area contributed by atoms with Crippen molar-refractivity contribution in [3.05, 3.63) is 41.5 Å². The summed E-state index contributed by atoms with van der Waals surface area (Å²) in [5.41, 5.74) is 2.30. The number of rotatable bonds is 5. The molecule has 0 aliphatic heterocycles. The molecule has 0 aliphatic carbocycles. The summed E-state index contributed by atoms with van der Waals surface area (Å²) in [5.74, 6) is -0.106. The van der Waals surface area contributed by atoms with E-state index in [4.69, 9.17) is 4.74 Å². The molecule has 0 radical (unpaired) electrons. The van der Waals surface area contributed by atoms with Gasteiger partial charge in [0.2, 0.25) is 0 Å². The second kappa shape index (κ2) is 5.50. The Kier molecular flexibility index (Phi) is 3.78. The maximum absolute atomic E-state index is 11.8. The molecule has 2 aromatic heterocycles. The van der Waals surface area contributed by atoms with Crippen LogP contribution in [0.3, 0.4) is 0 Å². The van der Waals surface area contributed by atoms with E-state index in [1.165, 1.54) is 0 Å². The largest absolute Gasteiger partial charge is 0.378 e. The van der Waals surface area contributed by atoms with Crippen LogP contribution >= 0.6 is 0 Å². The SMILES string of the molecule is COCc1cc(CNC(=O)c2cccn2C)[nH]n1. The van der Waals surface area contributed by atoms with Crippen molar-refractivity contribution in [3.8, 4) is 0 Å². The van der Waals surface area contributed by atoms with Crippen molar-refractivity contribution in [3.63, 3.8) is 0 Å². The molecule has 0 atom stereocenters. The molecule has 0 fully saturated rings. The summed E-state index contributed by atoms with van der Waals surface area (Å²) in [5, 5.41) is 9.74. The number of carbonyl (C=O) groups excluding carboxylic acids is 1. The van der Waals surface area contributed by atoms with Gasteiger partial charge in [-0.05, 0) is 18.2 Å². The second-order valence-corrected chi connectivity index (χ2v) is 4.00. The number of ether oxygens (including phenoxy) is 1. The molecule has 0 saturated heterocycles. The zero-order chi connectivity index (χ0) is 13.0. The van der Waals surface area contributed by atoms with Crippen molar-refractivity contribution < 1.29 is 9.53 Å². The maximum Gasteiger partial charge on any atom is 0.268 e. The van der Waals surface area contributed by atoms with Crippen molar-refractivity contribution >= 4 is 5.91 Å². The van der Waals surface area contributed by atoms with Gasteiger partial charge in [-0.3, -0.25) is 9.89 Å². The third kappa shape index (κ3) is 2.78. The zero-order valence-corrected chi connectivity index (χ0v) is 10.4. The lowest BCUT2D eigenvalue weighted by atomic mass is 10.3. The van der Waals surface area contributed by atoms with Crippen LogP contribution in [0.25, 0.3) is 0 Å². The Balaban J connectivity index is 1.91. The smallest absolute Gasteiger partial charge is 0.268 e. The lowest BCUT2D eigenvalue weighted by Crippen LogP contribution is -2.24. The van der Waals surface area contributed by atoms with Gasteiger partial charge in [-0.15, -0.1) is 0 Å². The van der Waals surface area contributed by atoms with Crippen LogP contribution in [0.2, 0.25) is 0 Å². The summed E-state index contributed by atoms with van der Waals surface area (Å²) < 4.78 is 6.74. The van der Waals surface area contributed by atoms with Crippen molar-refractivity contribution in [2.24, 2.45) is 7.05 Å². The first kappa shape index (κ1) is 12.4. The van der Waals surface area contributed by atoms with Crippen molar-refractivity contribution in [1.29, 1.82) is 0 Å². The molecule has 6 heteroatoms. The number of methoxy groups -OCH3 is 1. The number of aromatic amines is 1. The van der Waals surface area contributed by atoms with Gasteiger partial charge in [0.15, 0.2) is 0 Å². The molecule has 6 nitrogen and oxygen atoms in total. The Hall–Kier alpha value is -2.08. The van der Waals surface area contributed by atoms with E-state index in [0.29, 0.717) is 18.8 Å². The van der Waals surface area contributed by atoms with Crippen molar-refractivity contribution in [1.82, 2.24) is 20.1 Å². The fourth-order valence-corrected chi connectivity index (χ4v) is 1.68. The van der Waals surface area contributed by atoms with Gasteiger partial charge in [-0.25, -0.2) is 0 Å². The molecule has 0 aromatic carbocycles. The number of aromatic nitrogens is 3. The van der Waals surface area contributed by atoms with Gasteiger partial charge in [0.05, 0.1) is 24.5 Å². The van der Waals surface area contributed by atoms with Crippen molar-refractivity contribution in [2.45, 2.75) is 13.2 Å². The normalized spacial score (nSPS) is 10.6. The van der Waals surface area contributed by atoms with Crippen LogP contribution in [-0.4, -0.2) is 27.8 Å². The molecular weight excluding hydrogens is 232 g/mol. The van der Waals surface area contributed by atoms with E-state index in [2.05, 4.69) is 15.5 Å². The summed E-state index contributed by atoms with van der Waals surface area (Å²) in [7, 11) is 3.45. The number of amides is 1. The third-order valence-corrected chi connectivity index (χ3v) is 2.59. The highest BCUT2D eigenvalue weighted by atomic mass is 16.5. The van der Waals surface area contributed by atoms with Gasteiger partial charge < -0.3 is 14.6 Å². The third-order valence-electron chi connectivity index (χ3n) is 2.59. The first-order valence-corrected chi connectivity index (χ1v) is 5.62. The van der Waals surface area contributed by atoms with Crippen LogP contribution in [0, 0.1) is 0 Å². The quantitative estimate of drug-likeness (QED) is 0.823. The molecule has 1 amide bonds. The molecule has 2 heterocycles. The highest BCUT2D eigenvalue weighted by Gasteiger charge is 2.09. The monoisotopic (exact) mass is 248 g/mol. The number of aryl methyl sites for hydroxylation is 1. The number of hydrogen-bond acceptors (Lipinski definition) is 3. The van der Waals surface area contributed by atoms with Gasteiger partial charge in [-0.2, -0.15) is 5.10 Å². The molecule has 0 unspecified atom stereocenters. The standard InChI is InChI=1S/C12H16N4O2/c1-16-5-3-4-11(16)12(17)13-7-9-6-10(8-18-2)15-14-9/h3-6H,7-8H2,1-2H3,(H,13,17)(H,14,15). The second-order valence-electron chi connectivity index (χ2n) is 4.00. The predicted molar refractivity (Wildman–Crippen MR) is 65.9 cm³/mol. The first-order chi connectivity index (χ1) is 8.70. The number of hydrogen-bond donors (Lipinski definition) is 2. The predicted octanol–water partition coefficient (Wildman–Crippen LogP) is 0.825. The van der Waals surface area contributed by atoms with Crippen LogP contribution in [0.15, 0.2) is 24.4 Å². The molecule has 0 bridgehead atoms. The molecule has 2 N–H and O–H groups in total. The van der Waals surface area contributed by atoms with Crippen LogP contribution in [0.5, 0.6) is 0 Å². The minimum atomic E-state index is -0.106. The molecule has 18 heavy (non-hydrogen) atoms. The summed E-state index contributed by atoms with van der Waals surface area (Å²) in [4.78, 5) is 11.8. The van der Waals surface area contributed by atoms with Crippen LogP contribution in [0.1, 0.15) is 21.9 Å². The highest BCUT2D eigenvalue weighted by Crippen LogP contribution is 2.02. The molecule has 2 aromatic rings. The lowest BCUT2D eigenvalue weighted by molar-refractivity contribution is 0.0942. The zero-order valence-electron chi connectivity index (χ0n) is 10.4. The van der Waals surface area contributed by atoms with E-state index in [1.807, 2.05) is 25.4 Å². The minimum absolute atomic E-state index is 0.106. The van der Waals surface area contributed by atoms with E-state index in [0.717, 1.165) is 11.4 Å². The Morgan fingerprint density at radius 3 is 3.11 bits per heavy atom. The van der Waals surface area contributed by atoms with Crippen molar-refractivity contribution in [2.75, 3.05) is 7.11 Å². The Morgan fingerprint density at radius 1 is 1.61 bits per heavy atom. The minimum Gasteiger partial charge on any atom is -0.378 e. The summed E-state index contributed by atoms with van der Waals surface area (Å²) in [6, 6.07) is 5.48. The molecule has 0 spiro atoms. The van der Waals surface area contributed by atoms with Gasteiger partial charge in [0.1, 0.15) is 5.69 Å². The molecule has 2 rings (SSSR count). The fraction of sp³-hybridized carbons (Fsp3) is 0.333. The number of carbonyl (C=O) groups is 1. The molecular formula is C12H16N4O2. The van der Waals surface area contributed by atoms with Crippen LogP contribution in [-0.2, 0) is 24.9 Å². The number of H-pyrrole nitrogens is 1. The Morgan fingerprint density at radius 2 is 2.44 bits per heavy atom. The maximum atomic E-state index is 11.8. The van der Waals surface area contributed by atoms with Gasteiger partial charge >= 0.3 is 0 Å². The summed E-state index contributed by atoms with van der Waals surface area (Å²) in [6.45, 7) is 0.878. The van der Waals surface area contributed by atoms with Crippen LogP contribution in [0.4, 0.5) is 0 Å².